The topological polar surface area (TPSA) is 69.7 Å². The number of amides is 5. The van der Waals surface area contributed by atoms with E-state index in [0.29, 0.717) is 6.41 Å². The van der Waals surface area contributed by atoms with Crippen molar-refractivity contribution in [2.24, 2.45) is 0 Å². The van der Waals surface area contributed by atoms with Crippen molar-refractivity contribution in [2.75, 3.05) is 14.1 Å². The number of carbonyl (C=O) groups excluding carboxylic acids is 3. The molecule has 1 rings (SSSR count). The van der Waals surface area contributed by atoms with Gasteiger partial charge in [0.15, 0.2) is 0 Å². The molecule has 0 aromatic heterocycles. The molecular weight excluding hydrogens is 222 g/mol. The largest absolute Gasteiger partial charge is 0.332 e. The van der Waals surface area contributed by atoms with E-state index in [1.54, 1.807) is 14.1 Å². The predicted molar refractivity (Wildman–Crippen MR) is 62.4 cm³/mol. The quantitative estimate of drug-likeness (QED) is 0.738. The first kappa shape index (κ1) is 13.5. The molecule has 1 N–H and O–H groups in total. The van der Waals surface area contributed by atoms with Crippen molar-refractivity contribution in [1.29, 1.82) is 0 Å². The molecule has 0 aliphatic heterocycles. The summed E-state index contributed by atoms with van der Waals surface area (Å²) in [5.41, 5.74) is 0. The second-order valence-electron chi connectivity index (χ2n) is 4.41. The van der Waals surface area contributed by atoms with Gasteiger partial charge in [0.1, 0.15) is 0 Å². The van der Waals surface area contributed by atoms with Crippen LogP contribution in [0.1, 0.15) is 32.1 Å². The summed E-state index contributed by atoms with van der Waals surface area (Å²) in [6.07, 6.45) is 5.08. The summed E-state index contributed by atoms with van der Waals surface area (Å²) in [6, 6.07) is -1.11. The lowest BCUT2D eigenvalue weighted by Crippen LogP contribution is -2.53. The van der Waals surface area contributed by atoms with Crippen LogP contribution in [0.5, 0.6) is 0 Å². The highest BCUT2D eigenvalue weighted by molar-refractivity contribution is 5.97. The number of nitrogens with zero attached hydrogens (tertiary/aromatic N) is 2. The molecule has 0 aromatic rings. The molecule has 0 unspecified atom stereocenters. The Hall–Kier alpha value is -1.59. The first-order valence-electron chi connectivity index (χ1n) is 5.82. The number of carbonyl (C=O) groups is 3. The van der Waals surface area contributed by atoms with Gasteiger partial charge in [0, 0.05) is 20.1 Å². The number of hydrogen-bond acceptors (Lipinski definition) is 3. The van der Waals surface area contributed by atoms with Gasteiger partial charge in [-0.3, -0.25) is 10.1 Å². The Morgan fingerprint density at radius 2 is 1.76 bits per heavy atom. The lowest BCUT2D eigenvalue weighted by Gasteiger charge is -2.33. The van der Waals surface area contributed by atoms with Crippen LogP contribution >= 0.6 is 0 Å². The van der Waals surface area contributed by atoms with Crippen molar-refractivity contribution in [2.45, 2.75) is 38.1 Å². The molecule has 0 aromatic carbocycles. The van der Waals surface area contributed by atoms with Crippen LogP contribution in [0.25, 0.3) is 0 Å². The number of rotatable bonds is 2. The Kier molecular flexibility index (Phi) is 4.93. The van der Waals surface area contributed by atoms with Crippen LogP contribution in [0.2, 0.25) is 0 Å². The van der Waals surface area contributed by atoms with Gasteiger partial charge < -0.3 is 4.90 Å². The first-order chi connectivity index (χ1) is 8.07. The Morgan fingerprint density at radius 3 is 2.24 bits per heavy atom. The molecular formula is C11H19N3O3. The highest BCUT2D eigenvalue weighted by Crippen LogP contribution is 2.23. The highest BCUT2D eigenvalue weighted by atomic mass is 16.2. The number of imide groups is 2. The molecule has 17 heavy (non-hydrogen) atoms. The van der Waals surface area contributed by atoms with E-state index in [4.69, 9.17) is 0 Å². The molecule has 1 aliphatic carbocycles. The minimum absolute atomic E-state index is 0.0985. The summed E-state index contributed by atoms with van der Waals surface area (Å²) in [7, 11) is 3.18. The molecule has 6 heteroatoms. The summed E-state index contributed by atoms with van der Waals surface area (Å²) in [4.78, 5) is 36.5. The molecule has 0 spiro atoms. The van der Waals surface area contributed by atoms with Crippen molar-refractivity contribution >= 4 is 18.5 Å². The van der Waals surface area contributed by atoms with Crippen LogP contribution in [0, 0.1) is 0 Å². The fourth-order valence-electron chi connectivity index (χ4n) is 2.08. The fraction of sp³-hybridized carbons (Fsp3) is 0.727. The van der Waals surface area contributed by atoms with E-state index < -0.39 is 6.03 Å². The van der Waals surface area contributed by atoms with E-state index in [1.807, 2.05) is 5.32 Å². The maximum atomic E-state index is 11.9. The number of nitrogens with one attached hydrogen (secondary N) is 1. The van der Waals surface area contributed by atoms with Crippen LogP contribution in [0.3, 0.4) is 0 Å². The predicted octanol–water partition coefficient (Wildman–Crippen LogP) is 1.17. The Morgan fingerprint density at radius 1 is 1.18 bits per heavy atom. The molecule has 0 saturated heterocycles. The molecule has 1 fully saturated rings. The fourth-order valence-corrected chi connectivity index (χ4v) is 2.08. The van der Waals surface area contributed by atoms with Gasteiger partial charge in [0.05, 0.1) is 0 Å². The van der Waals surface area contributed by atoms with Crippen LogP contribution in [-0.2, 0) is 4.79 Å². The molecule has 1 saturated carbocycles. The second kappa shape index (κ2) is 6.22. The summed E-state index contributed by atoms with van der Waals surface area (Å²) < 4.78 is 0. The van der Waals surface area contributed by atoms with E-state index in [0.717, 1.165) is 37.0 Å². The van der Waals surface area contributed by atoms with Gasteiger partial charge in [-0.1, -0.05) is 19.3 Å². The molecule has 0 radical (unpaired) electrons. The lowest BCUT2D eigenvalue weighted by molar-refractivity contribution is -0.108. The zero-order chi connectivity index (χ0) is 12.8. The van der Waals surface area contributed by atoms with Crippen LogP contribution in [0.4, 0.5) is 9.59 Å². The molecule has 1 aliphatic rings. The molecule has 96 valence electrons. The monoisotopic (exact) mass is 241 g/mol. The van der Waals surface area contributed by atoms with Crippen LogP contribution in [0.15, 0.2) is 0 Å². The third-order valence-electron chi connectivity index (χ3n) is 2.93. The van der Waals surface area contributed by atoms with Crippen LogP contribution < -0.4 is 5.32 Å². The van der Waals surface area contributed by atoms with E-state index in [1.165, 1.54) is 4.90 Å². The average Bonchev–Trinajstić information content (AvgIpc) is 2.31. The minimum atomic E-state index is -0.634. The molecule has 0 bridgehead atoms. The second-order valence-corrected chi connectivity index (χ2v) is 4.41. The van der Waals surface area contributed by atoms with E-state index in [2.05, 4.69) is 0 Å². The maximum absolute atomic E-state index is 11.9. The zero-order valence-corrected chi connectivity index (χ0v) is 10.3. The molecule has 0 heterocycles. The summed E-state index contributed by atoms with van der Waals surface area (Å²) in [6.45, 7) is 0. The van der Waals surface area contributed by atoms with Gasteiger partial charge in [0.25, 0.3) is 0 Å². The van der Waals surface area contributed by atoms with Crippen molar-refractivity contribution in [1.82, 2.24) is 15.1 Å². The van der Waals surface area contributed by atoms with Gasteiger partial charge in [-0.2, -0.15) is 0 Å². The SMILES string of the molecule is CN(C)C(=O)N(C(=O)NC=O)C1CCCCC1. The van der Waals surface area contributed by atoms with E-state index in [9.17, 15) is 14.4 Å². The van der Waals surface area contributed by atoms with Crippen molar-refractivity contribution < 1.29 is 14.4 Å². The number of hydrogen-bond donors (Lipinski definition) is 1. The van der Waals surface area contributed by atoms with Crippen molar-refractivity contribution in [3.8, 4) is 0 Å². The number of urea groups is 2. The summed E-state index contributed by atoms with van der Waals surface area (Å²) in [5.74, 6) is 0. The van der Waals surface area contributed by atoms with Gasteiger partial charge in [0.2, 0.25) is 6.41 Å². The average molecular weight is 241 g/mol. The van der Waals surface area contributed by atoms with Gasteiger partial charge in [-0.05, 0) is 12.8 Å². The Balaban J connectivity index is 2.80. The maximum Gasteiger partial charge on any atom is 0.332 e. The highest BCUT2D eigenvalue weighted by Gasteiger charge is 2.31. The van der Waals surface area contributed by atoms with Crippen LogP contribution in [-0.4, -0.2) is 48.4 Å². The van der Waals surface area contributed by atoms with Crippen molar-refractivity contribution in [3.05, 3.63) is 0 Å². The molecule has 5 amide bonds. The smallest absolute Gasteiger partial charge is 0.330 e. The Labute approximate surface area is 101 Å². The standard InChI is InChI=1S/C11H19N3O3/c1-13(2)11(17)14(10(16)12-8-15)9-6-4-3-5-7-9/h8-9H,3-7H2,1-2H3,(H,12,15,16). The Bertz CT molecular complexity index is 298. The normalized spacial score (nSPS) is 16.1. The lowest BCUT2D eigenvalue weighted by atomic mass is 9.94. The zero-order valence-electron chi connectivity index (χ0n) is 10.3. The van der Waals surface area contributed by atoms with Crippen molar-refractivity contribution in [3.63, 3.8) is 0 Å². The molecule has 6 nitrogen and oxygen atoms in total. The van der Waals surface area contributed by atoms with Gasteiger partial charge >= 0.3 is 12.1 Å². The van der Waals surface area contributed by atoms with Gasteiger partial charge in [-0.15, -0.1) is 0 Å². The third kappa shape index (κ3) is 3.44. The van der Waals surface area contributed by atoms with E-state index >= 15 is 0 Å². The van der Waals surface area contributed by atoms with Gasteiger partial charge in [-0.25, -0.2) is 14.5 Å². The van der Waals surface area contributed by atoms with E-state index in [-0.39, 0.29) is 12.1 Å². The third-order valence-corrected chi connectivity index (χ3v) is 2.93. The molecule has 0 atom stereocenters. The first-order valence-corrected chi connectivity index (χ1v) is 5.82. The minimum Gasteiger partial charge on any atom is -0.330 e. The summed E-state index contributed by atoms with van der Waals surface area (Å²) in [5, 5.41) is 2.04. The summed E-state index contributed by atoms with van der Waals surface area (Å²) >= 11 is 0.